The summed E-state index contributed by atoms with van der Waals surface area (Å²) in [6.45, 7) is 8.95. The Morgan fingerprint density at radius 3 is 2.30 bits per heavy atom. The van der Waals surface area contributed by atoms with Crippen molar-refractivity contribution in [2.45, 2.75) is 33.1 Å². The van der Waals surface area contributed by atoms with E-state index in [4.69, 9.17) is 13.8 Å². The van der Waals surface area contributed by atoms with Crippen LogP contribution < -0.4 is 0 Å². The van der Waals surface area contributed by atoms with Crippen LogP contribution in [0.25, 0.3) is 66.4 Å². The number of hydrogen-bond donors (Lipinski definition) is 0. The molecule has 37 heavy (non-hydrogen) atoms. The van der Waals surface area contributed by atoms with Crippen molar-refractivity contribution in [3.8, 4) is 22.6 Å². The number of aromatic nitrogens is 1. The fourth-order valence-corrected chi connectivity index (χ4v) is 5.39. The summed E-state index contributed by atoms with van der Waals surface area (Å²) in [5.74, 6) is 0.607. The molecule has 0 aliphatic heterocycles. The molecule has 3 heteroatoms. The molecule has 5 aromatic carbocycles. The number of aryl methyl sites for hydroxylation is 1. The number of para-hydroxylation sites is 2. The zero-order valence-corrected chi connectivity index (χ0v) is 21.4. The Hall–Kier alpha value is -4.37. The molecule has 7 aromatic rings. The Kier molecular flexibility index (Phi) is 4.62. The van der Waals surface area contributed by atoms with Crippen molar-refractivity contribution < 1.29 is 8.83 Å². The van der Waals surface area contributed by atoms with Crippen LogP contribution in [0.15, 0.2) is 99.8 Å². The van der Waals surface area contributed by atoms with Gasteiger partial charge in [0.05, 0.1) is 0 Å². The smallest absolute Gasteiger partial charge is 0.228 e. The minimum atomic E-state index is 0.115. The monoisotopic (exact) mass is 481 g/mol. The van der Waals surface area contributed by atoms with E-state index in [1.807, 2.05) is 24.3 Å². The fraction of sp³-hybridized carbons (Fsp3) is 0.147. The van der Waals surface area contributed by atoms with Crippen LogP contribution in [0.4, 0.5) is 0 Å². The van der Waals surface area contributed by atoms with Gasteiger partial charge in [-0.25, -0.2) is 4.98 Å². The van der Waals surface area contributed by atoms with E-state index >= 15 is 0 Å². The largest absolute Gasteiger partial charge is 0.455 e. The molecule has 0 aliphatic carbocycles. The molecule has 0 radical (unpaired) electrons. The summed E-state index contributed by atoms with van der Waals surface area (Å²) in [6.07, 6.45) is 0. The SMILES string of the molecule is Cc1cc(C(C)(C)C)ccc1-c1ccc2oc3c4ccccc4cc(-c4nc5ccccc5o4)c3c2c1. The number of hydrogen-bond acceptors (Lipinski definition) is 3. The van der Waals surface area contributed by atoms with E-state index < -0.39 is 0 Å². The van der Waals surface area contributed by atoms with E-state index in [-0.39, 0.29) is 5.41 Å². The second-order valence-corrected chi connectivity index (χ2v) is 10.9. The average molecular weight is 482 g/mol. The van der Waals surface area contributed by atoms with Gasteiger partial charge >= 0.3 is 0 Å². The van der Waals surface area contributed by atoms with Gasteiger partial charge in [0.15, 0.2) is 5.58 Å². The number of benzene rings is 5. The average Bonchev–Trinajstić information content (AvgIpc) is 3.49. The van der Waals surface area contributed by atoms with Crippen molar-refractivity contribution in [2.24, 2.45) is 0 Å². The molecule has 0 atom stereocenters. The maximum absolute atomic E-state index is 6.52. The van der Waals surface area contributed by atoms with Crippen LogP contribution in [0.2, 0.25) is 0 Å². The van der Waals surface area contributed by atoms with Gasteiger partial charge in [-0.3, -0.25) is 0 Å². The molecule has 3 nitrogen and oxygen atoms in total. The highest BCUT2D eigenvalue weighted by Gasteiger charge is 2.21. The lowest BCUT2D eigenvalue weighted by atomic mass is 9.84. The van der Waals surface area contributed by atoms with Crippen LogP contribution >= 0.6 is 0 Å². The summed E-state index contributed by atoms with van der Waals surface area (Å²) in [4.78, 5) is 4.85. The lowest BCUT2D eigenvalue weighted by molar-refractivity contribution is 0.590. The molecule has 0 amide bonds. The zero-order chi connectivity index (χ0) is 25.3. The predicted molar refractivity (Wildman–Crippen MR) is 153 cm³/mol. The van der Waals surface area contributed by atoms with Crippen molar-refractivity contribution in [2.75, 3.05) is 0 Å². The number of fused-ring (bicyclic) bond motifs is 6. The Balaban J connectivity index is 1.52. The Bertz CT molecular complexity index is 1950. The van der Waals surface area contributed by atoms with Crippen molar-refractivity contribution in [1.82, 2.24) is 4.98 Å². The highest BCUT2D eigenvalue weighted by Crippen LogP contribution is 2.43. The van der Waals surface area contributed by atoms with Gasteiger partial charge in [-0.1, -0.05) is 81.4 Å². The summed E-state index contributed by atoms with van der Waals surface area (Å²) in [6, 6.07) is 31.7. The maximum Gasteiger partial charge on any atom is 0.228 e. The Labute approximate surface area is 215 Å². The van der Waals surface area contributed by atoms with Crippen LogP contribution in [0.5, 0.6) is 0 Å². The molecule has 0 aliphatic rings. The molecular formula is C34H27NO2. The number of oxazole rings is 1. The van der Waals surface area contributed by atoms with Gasteiger partial charge in [0.25, 0.3) is 0 Å². The third-order valence-corrected chi connectivity index (χ3v) is 7.39. The summed E-state index contributed by atoms with van der Waals surface area (Å²) in [5.41, 5.74) is 9.42. The van der Waals surface area contributed by atoms with E-state index in [0.29, 0.717) is 5.89 Å². The minimum absolute atomic E-state index is 0.115. The van der Waals surface area contributed by atoms with Gasteiger partial charge in [-0.2, -0.15) is 0 Å². The highest BCUT2D eigenvalue weighted by atomic mass is 16.3. The predicted octanol–water partition coefficient (Wildman–Crippen LogP) is 9.82. The molecular weight excluding hydrogens is 454 g/mol. The first-order chi connectivity index (χ1) is 17.9. The number of rotatable bonds is 2. The molecule has 0 saturated heterocycles. The van der Waals surface area contributed by atoms with Gasteiger partial charge in [-0.15, -0.1) is 0 Å². The normalized spacial score (nSPS) is 12.3. The lowest BCUT2D eigenvalue weighted by Crippen LogP contribution is -2.11. The highest BCUT2D eigenvalue weighted by molar-refractivity contribution is 6.21. The number of furan rings is 1. The standard InChI is InChI=1S/C34H27NO2/c1-20-17-23(34(2,3)4)14-15-24(20)22-13-16-29-26(18-22)31-27(33-35-28-11-7-8-12-30(28)37-33)19-21-9-5-6-10-25(21)32(31)36-29/h5-19H,1-4H3. The summed E-state index contributed by atoms with van der Waals surface area (Å²) in [7, 11) is 0. The molecule has 0 spiro atoms. The topological polar surface area (TPSA) is 39.2 Å². The van der Waals surface area contributed by atoms with Gasteiger partial charge in [0.2, 0.25) is 5.89 Å². The van der Waals surface area contributed by atoms with Gasteiger partial charge < -0.3 is 8.83 Å². The molecule has 0 bridgehead atoms. The van der Waals surface area contributed by atoms with Crippen molar-refractivity contribution in [3.05, 3.63) is 102 Å². The van der Waals surface area contributed by atoms with Gasteiger partial charge in [0, 0.05) is 21.7 Å². The van der Waals surface area contributed by atoms with Crippen molar-refractivity contribution in [1.29, 1.82) is 0 Å². The second kappa shape index (κ2) is 7.81. The molecule has 0 N–H and O–H groups in total. The molecule has 2 aromatic heterocycles. The quantitative estimate of drug-likeness (QED) is 0.247. The van der Waals surface area contributed by atoms with E-state index in [9.17, 15) is 0 Å². The molecule has 0 unspecified atom stereocenters. The van der Waals surface area contributed by atoms with Crippen LogP contribution in [-0.4, -0.2) is 4.98 Å². The summed E-state index contributed by atoms with van der Waals surface area (Å²) >= 11 is 0. The molecule has 2 heterocycles. The van der Waals surface area contributed by atoms with Crippen molar-refractivity contribution >= 4 is 43.8 Å². The third-order valence-electron chi connectivity index (χ3n) is 7.39. The molecule has 0 saturated carbocycles. The fourth-order valence-electron chi connectivity index (χ4n) is 5.39. The van der Waals surface area contributed by atoms with Crippen LogP contribution in [-0.2, 0) is 5.41 Å². The first-order valence-electron chi connectivity index (χ1n) is 12.7. The minimum Gasteiger partial charge on any atom is -0.455 e. The van der Waals surface area contributed by atoms with Crippen LogP contribution in [0.1, 0.15) is 31.9 Å². The molecule has 0 fully saturated rings. The van der Waals surface area contributed by atoms with E-state index in [1.54, 1.807) is 0 Å². The van der Waals surface area contributed by atoms with Crippen LogP contribution in [0, 0.1) is 6.92 Å². The van der Waals surface area contributed by atoms with Gasteiger partial charge in [0.1, 0.15) is 16.7 Å². The second-order valence-electron chi connectivity index (χ2n) is 10.9. The summed E-state index contributed by atoms with van der Waals surface area (Å²) < 4.78 is 12.8. The van der Waals surface area contributed by atoms with Gasteiger partial charge in [-0.05, 0) is 70.3 Å². The Morgan fingerprint density at radius 1 is 0.676 bits per heavy atom. The van der Waals surface area contributed by atoms with E-state index in [0.717, 1.165) is 49.4 Å². The van der Waals surface area contributed by atoms with Crippen molar-refractivity contribution in [3.63, 3.8) is 0 Å². The van der Waals surface area contributed by atoms with Crippen LogP contribution in [0.3, 0.4) is 0 Å². The number of nitrogens with zero attached hydrogens (tertiary/aromatic N) is 1. The summed E-state index contributed by atoms with van der Waals surface area (Å²) in [5, 5.41) is 4.28. The van der Waals surface area contributed by atoms with E-state index in [1.165, 1.54) is 22.3 Å². The Morgan fingerprint density at radius 2 is 1.49 bits per heavy atom. The maximum atomic E-state index is 6.52. The third kappa shape index (κ3) is 3.46. The molecule has 7 rings (SSSR count). The first-order valence-corrected chi connectivity index (χ1v) is 12.7. The lowest BCUT2D eigenvalue weighted by Gasteiger charge is -2.20. The van der Waals surface area contributed by atoms with E-state index in [2.05, 4.69) is 94.4 Å². The first kappa shape index (κ1) is 21.9. The zero-order valence-electron chi connectivity index (χ0n) is 21.4. The molecule has 180 valence electrons.